The lowest BCUT2D eigenvalue weighted by Crippen LogP contribution is -2.18. The Kier molecular flexibility index (Phi) is 3.58. The molecule has 1 N–H and O–H groups in total. The number of aromatic nitrogens is 1. The van der Waals surface area contributed by atoms with Crippen molar-refractivity contribution >= 4 is 5.97 Å². The average Bonchev–Trinajstić information content (AvgIpc) is 2.73. The maximum absolute atomic E-state index is 10.6. The number of hydrogen-bond acceptors (Lipinski definition) is 4. The van der Waals surface area contributed by atoms with Gasteiger partial charge in [-0.3, -0.25) is 0 Å². The average molecular weight is 237 g/mol. The van der Waals surface area contributed by atoms with Crippen LogP contribution in [0, 0.1) is 0 Å². The molecule has 1 aliphatic heterocycles. The first-order valence-corrected chi connectivity index (χ1v) is 5.63. The van der Waals surface area contributed by atoms with Crippen LogP contribution in [0.1, 0.15) is 30.3 Å². The third-order valence-corrected chi connectivity index (χ3v) is 2.71. The van der Waals surface area contributed by atoms with E-state index in [4.69, 9.17) is 14.6 Å². The van der Waals surface area contributed by atoms with Crippen molar-refractivity contribution in [3.63, 3.8) is 0 Å². The largest absolute Gasteiger partial charge is 0.489 e. The number of carboxylic acids is 1. The molecular formula is C12H15NO4. The van der Waals surface area contributed by atoms with Gasteiger partial charge in [0.15, 0.2) is 0 Å². The maximum atomic E-state index is 10.6. The number of nitrogens with zero attached hydrogens (tertiary/aromatic N) is 1. The van der Waals surface area contributed by atoms with Crippen LogP contribution in [-0.2, 0) is 4.74 Å². The molecule has 5 heteroatoms. The van der Waals surface area contributed by atoms with Crippen LogP contribution in [0.5, 0.6) is 5.75 Å². The molecule has 2 rings (SSSR count). The number of carbonyl (C=O) groups is 1. The van der Waals surface area contributed by atoms with Crippen LogP contribution in [0.25, 0.3) is 0 Å². The van der Waals surface area contributed by atoms with Crippen molar-refractivity contribution in [1.29, 1.82) is 0 Å². The van der Waals surface area contributed by atoms with Gasteiger partial charge in [-0.05, 0) is 31.9 Å². The summed E-state index contributed by atoms with van der Waals surface area (Å²) in [7, 11) is 0. The molecule has 0 bridgehead atoms. The topological polar surface area (TPSA) is 68.7 Å². The Bertz CT molecular complexity index is 390. The summed E-state index contributed by atoms with van der Waals surface area (Å²) in [4.78, 5) is 14.4. The van der Waals surface area contributed by atoms with Crippen molar-refractivity contribution in [2.24, 2.45) is 0 Å². The maximum Gasteiger partial charge on any atom is 0.354 e. The Morgan fingerprint density at radius 1 is 1.59 bits per heavy atom. The highest BCUT2D eigenvalue weighted by molar-refractivity contribution is 5.85. The van der Waals surface area contributed by atoms with Crippen LogP contribution in [0.3, 0.4) is 0 Å². The molecule has 2 heterocycles. The Morgan fingerprint density at radius 3 is 2.94 bits per heavy atom. The lowest BCUT2D eigenvalue weighted by Gasteiger charge is -2.12. The summed E-state index contributed by atoms with van der Waals surface area (Å²) < 4.78 is 11.1. The second-order valence-corrected chi connectivity index (χ2v) is 4.14. The first-order chi connectivity index (χ1) is 8.15. The predicted molar refractivity (Wildman–Crippen MR) is 60.3 cm³/mol. The van der Waals surface area contributed by atoms with Crippen LogP contribution in [0.15, 0.2) is 18.3 Å². The molecule has 92 valence electrons. The highest BCUT2D eigenvalue weighted by atomic mass is 16.5. The van der Waals surface area contributed by atoms with Crippen LogP contribution in [0.4, 0.5) is 0 Å². The Labute approximate surface area is 99.4 Å². The summed E-state index contributed by atoms with van der Waals surface area (Å²) in [5.41, 5.74) is 0.0167. The van der Waals surface area contributed by atoms with E-state index in [1.165, 1.54) is 12.3 Å². The van der Waals surface area contributed by atoms with Crippen LogP contribution in [0.2, 0.25) is 0 Å². The lowest BCUT2D eigenvalue weighted by atomic mass is 10.2. The molecule has 1 aliphatic rings. The van der Waals surface area contributed by atoms with Gasteiger partial charge in [0.05, 0.1) is 18.4 Å². The van der Waals surface area contributed by atoms with E-state index in [1.54, 1.807) is 6.07 Å². The summed E-state index contributed by atoms with van der Waals surface area (Å²) >= 11 is 0. The van der Waals surface area contributed by atoms with E-state index in [2.05, 4.69) is 4.98 Å². The highest BCUT2D eigenvalue weighted by Crippen LogP contribution is 2.20. The fourth-order valence-corrected chi connectivity index (χ4v) is 1.79. The van der Waals surface area contributed by atoms with Gasteiger partial charge in [-0.15, -0.1) is 0 Å². The highest BCUT2D eigenvalue weighted by Gasteiger charge is 2.22. The van der Waals surface area contributed by atoms with Crippen molar-refractivity contribution < 1.29 is 19.4 Å². The molecule has 5 nitrogen and oxygen atoms in total. The molecular weight excluding hydrogens is 222 g/mol. The summed E-state index contributed by atoms with van der Waals surface area (Å²) in [5, 5.41) is 8.68. The summed E-state index contributed by atoms with van der Waals surface area (Å²) in [6.45, 7) is 2.53. The molecule has 0 aliphatic carbocycles. The van der Waals surface area contributed by atoms with Crippen molar-refractivity contribution in [2.75, 3.05) is 6.61 Å². The molecule has 0 aromatic carbocycles. The van der Waals surface area contributed by atoms with Gasteiger partial charge in [-0.2, -0.15) is 0 Å². The molecule has 0 radical (unpaired) electrons. The van der Waals surface area contributed by atoms with Gasteiger partial charge in [0.25, 0.3) is 0 Å². The molecule has 1 aromatic heterocycles. The van der Waals surface area contributed by atoms with E-state index in [1.807, 2.05) is 6.92 Å². The molecule has 0 saturated carbocycles. The fraction of sp³-hybridized carbons (Fsp3) is 0.500. The third kappa shape index (κ3) is 3.17. The van der Waals surface area contributed by atoms with Crippen LogP contribution < -0.4 is 4.74 Å². The van der Waals surface area contributed by atoms with E-state index < -0.39 is 5.97 Å². The minimum absolute atomic E-state index is 0.0167. The molecule has 2 atom stereocenters. The first kappa shape index (κ1) is 11.9. The van der Waals surface area contributed by atoms with Crippen molar-refractivity contribution in [1.82, 2.24) is 4.98 Å². The minimum atomic E-state index is -1.04. The number of rotatable bonds is 4. The second kappa shape index (κ2) is 5.14. The normalized spacial score (nSPS) is 23.6. The second-order valence-electron chi connectivity index (χ2n) is 4.14. The van der Waals surface area contributed by atoms with E-state index in [0.717, 1.165) is 12.8 Å². The summed E-state index contributed by atoms with van der Waals surface area (Å²) in [6, 6.07) is 3.03. The third-order valence-electron chi connectivity index (χ3n) is 2.71. The van der Waals surface area contributed by atoms with Gasteiger partial charge >= 0.3 is 5.97 Å². The van der Waals surface area contributed by atoms with Gasteiger partial charge in [-0.1, -0.05) is 0 Å². The zero-order valence-electron chi connectivity index (χ0n) is 9.63. The summed E-state index contributed by atoms with van der Waals surface area (Å²) in [5.74, 6) is -0.470. The van der Waals surface area contributed by atoms with Gasteiger partial charge in [-0.25, -0.2) is 9.78 Å². The van der Waals surface area contributed by atoms with E-state index >= 15 is 0 Å². The van der Waals surface area contributed by atoms with E-state index in [9.17, 15) is 4.79 Å². The SMILES string of the molecule is CC1CCC(COc2ccc(C(=O)O)nc2)O1. The van der Waals surface area contributed by atoms with Gasteiger partial charge in [0.2, 0.25) is 0 Å². The Morgan fingerprint density at radius 2 is 2.41 bits per heavy atom. The lowest BCUT2D eigenvalue weighted by molar-refractivity contribution is 0.0263. The molecule has 0 spiro atoms. The molecule has 17 heavy (non-hydrogen) atoms. The number of carboxylic acid groups (broad SMARTS) is 1. The first-order valence-electron chi connectivity index (χ1n) is 5.63. The quantitative estimate of drug-likeness (QED) is 0.863. The molecule has 2 unspecified atom stereocenters. The van der Waals surface area contributed by atoms with Crippen molar-refractivity contribution in [3.05, 3.63) is 24.0 Å². The number of ether oxygens (including phenoxy) is 2. The molecule has 1 fully saturated rings. The number of aromatic carboxylic acids is 1. The Balaban J connectivity index is 1.85. The molecule has 1 aromatic rings. The van der Waals surface area contributed by atoms with E-state index in [-0.39, 0.29) is 11.8 Å². The number of pyridine rings is 1. The zero-order chi connectivity index (χ0) is 12.3. The fourth-order valence-electron chi connectivity index (χ4n) is 1.79. The summed E-state index contributed by atoms with van der Waals surface area (Å²) in [6.07, 6.45) is 3.91. The van der Waals surface area contributed by atoms with Crippen molar-refractivity contribution in [3.8, 4) is 5.75 Å². The van der Waals surface area contributed by atoms with Crippen molar-refractivity contribution in [2.45, 2.75) is 32.0 Å². The van der Waals surface area contributed by atoms with E-state index in [0.29, 0.717) is 18.5 Å². The van der Waals surface area contributed by atoms with Crippen LogP contribution >= 0.6 is 0 Å². The van der Waals surface area contributed by atoms with Gasteiger partial charge in [0.1, 0.15) is 18.1 Å². The van der Waals surface area contributed by atoms with Gasteiger partial charge < -0.3 is 14.6 Å². The molecule has 1 saturated heterocycles. The zero-order valence-corrected chi connectivity index (χ0v) is 9.63. The Hall–Kier alpha value is -1.62. The van der Waals surface area contributed by atoms with Crippen LogP contribution in [-0.4, -0.2) is 34.9 Å². The predicted octanol–water partition coefficient (Wildman–Crippen LogP) is 1.73. The molecule has 0 amide bonds. The van der Waals surface area contributed by atoms with Gasteiger partial charge in [0, 0.05) is 0 Å². The minimum Gasteiger partial charge on any atom is -0.489 e. The monoisotopic (exact) mass is 237 g/mol. The number of hydrogen-bond donors (Lipinski definition) is 1. The standard InChI is InChI=1S/C12H15NO4/c1-8-2-3-10(17-8)7-16-9-4-5-11(12(14)15)13-6-9/h4-6,8,10H,2-3,7H2,1H3,(H,14,15). The smallest absolute Gasteiger partial charge is 0.354 e.